The van der Waals surface area contributed by atoms with Crippen molar-refractivity contribution >= 4 is 5.91 Å². The maximum atomic E-state index is 12.2. The zero-order chi connectivity index (χ0) is 16.6. The van der Waals surface area contributed by atoms with E-state index in [0.717, 1.165) is 24.2 Å². The fourth-order valence-corrected chi connectivity index (χ4v) is 3.00. The normalized spacial score (nSPS) is 15.2. The summed E-state index contributed by atoms with van der Waals surface area (Å²) in [6.07, 6.45) is 10.1. The highest BCUT2D eigenvalue weighted by atomic mass is 16.1. The molecule has 0 aromatic carbocycles. The van der Waals surface area contributed by atoms with Crippen LogP contribution in [0.15, 0.2) is 42.9 Å². The molecule has 2 aromatic heterocycles. The fourth-order valence-electron chi connectivity index (χ4n) is 3.00. The highest BCUT2D eigenvalue weighted by molar-refractivity contribution is 5.94. The number of piperidine rings is 1. The van der Waals surface area contributed by atoms with Gasteiger partial charge in [0.05, 0.1) is 11.3 Å². The molecule has 0 spiro atoms. The first-order valence-electron chi connectivity index (χ1n) is 8.70. The summed E-state index contributed by atoms with van der Waals surface area (Å²) in [6, 6.07) is 7.50. The summed E-state index contributed by atoms with van der Waals surface area (Å²) in [6.45, 7) is 4.18. The predicted molar refractivity (Wildman–Crippen MR) is 94.7 cm³/mol. The number of carbonyl (C=O) groups is 1. The molecule has 0 radical (unpaired) electrons. The standard InChI is InChI=1S/C19H24N4O/c24-19(21-10-5-13-23-11-2-1-3-12-23)17-7-8-18(22-15-17)16-6-4-9-20-14-16/h4,6-9,14-15H,1-3,5,10-13H2,(H,21,24). The number of amides is 1. The van der Waals surface area contributed by atoms with Crippen LogP contribution in [0.1, 0.15) is 36.0 Å². The highest BCUT2D eigenvalue weighted by Gasteiger charge is 2.10. The maximum Gasteiger partial charge on any atom is 0.252 e. The van der Waals surface area contributed by atoms with Crippen LogP contribution in [-0.4, -0.2) is 47.0 Å². The smallest absolute Gasteiger partial charge is 0.252 e. The molecular weight excluding hydrogens is 300 g/mol. The van der Waals surface area contributed by atoms with Gasteiger partial charge < -0.3 is 10.2 Å². The minimum Gasteiger partial charge on any atom is -0.352 e. The van der Waals surface area contributed by atoms with Crippen molar-refractivity contribution in [1.29, 1.82) is 0 Å². The first-order valence-corrected chi connectivity index (χ1v) is 8.70. The van der Waals surface area contributed by atoms with Gasteiger partial charge >= 0.3 is 0 Å². The Morgan fingerprint density at radius 1 is 1.12 bits per heavy atom. The predicted octanol–water partition coefficient (Wildman–Crippen LogP) is 2.75. The second kappa shape index (κ2) is 8.55. The van der Waals surface area contributed by atoms with E-state index in [1.807, 2.05) is 24.3 Å². The molecule has 3 rings (SSSR count). The number of pyridine rings is 2. The summed E-state index contributed by atoms with van der Waals surface area (Å²) >= 11 is 0. The lowest BCUT2D eigenvalue weighted by Gasteiger charge is -2.26. The lowest BCUT2D eigenvalue weighted by molar-refractivity contribution is 0.0951. The molecule has 5 heteroatoms. The molecular formula is C19H24N4O. The molecule has 1 aliphatic heterocycles. The van der Waals surface area contributed by atoms with Crippen LogP contribution >= 0.6 is 0 Å². The van der Waals surface area contributed by atoms with Gasteiger partial charge in [0.25, 0.3) is 5.91 Å². The van der Waals surface area contributed by atoms with Crippen molar-refractivity contribution in [3.63, 3.8) is 0 Å². The molecule has 0 unspecified atom stereocenters. The number of hydrogen-bond donors (Lipinski definition) is 1. The third-order valence-corrected chi connectivity index (χ3v) is 4.37. The van der Waals surface area contributed by atoms with Gasteiger partial charge in [-0.05, 0) is 63.2 Å². The van der Waals surface area contributed by atoms with E-state index in [4.69, 9.17) is 0 Å². The first kappa shape index (κ1) is 16.6. The summed E-state index contributed by atoms with van der Waals surface area (Å²) in [5, 5.41) is 2.98. The lowest BCUT2D eigenvalue weighted by atomic mass is 10.1. The Bertz CT molecular complexity index is 636. The summed E-state index contributed by atoms with van der Waals surface area (Å²) in [4.78, 5) is 23.1. The topological polar surface area (TPSA) is 58.1 Å². The van der Waals surface area contributed by atoms with Crippen molar-refractivity contribution in [2.24, 2.45) is 0 Å². The molecule has 3 heterocycles. The van der Waals surface area contributed by atoms with E-state index in [9.17, 15) is 4.79 Å². The van der Waals surface area contributed by atoms with Gasteiger partial charge in [-0.3, -0.25) is 14.8 Å². The molecule has 2 aromatic rings. The van der Waals surface area contributed by atoms with Crippen LogP contribution < -0.4 is 5.32 Å². The Labute approximate surface area is 143 Å². The molecule has 0 bridgehead atoms. The summed E-state index contributed by atoms with van der Waals surface area (Å²) in [5.74, 6) is -0.0566. The Morgan fingerprint density at radius 2 is 2.00 bits per heavy atom. The Hall–Kier alpha value is -2.27. The third kappa shape index (κ3) is 4.61. The van der Waals surface area contributed by atoms with Crippen LogP contribution in [0.25, 0.3) is 11.3 Å². The van der Waals surface area contributed by atoms with Crippen molar-refractivity contribution in [3.05, 3.63) is 48.4 Å². The summed E-state index contributed by atoms with van der Waals surface area (Å²) < 4.78 is 0. The van der Waals surface area contributed by atoms with Crippen molar-refractivity contribution in [2.45, 2.75) is 25.7 Å². The molecule has 0 atom stereocenters. The van der Waals surface area contributed by atoms with Gasteiger partial charge in [-0.2, -0.15) is 0 Å². The second-order valence-electron chi connectivity index (χ2n) is 6.19. The number of carbonyl (C=O) groups excluding carboxylic acids is 1. The van der Waals surface area contributed by atoms with Gasteiger partial charge in [-0.1, -0.05) is 6.42 Å². The summed E-state index contributed by atoms with van der Waals surface area (Å²) in [7, 11) is 0. The van der Waals surface area contributed by atoms with E-state index in [-0.39, 0.29) is 5.91 Å². The zero-order valence-electron chi connectivity index (χ0n) is 13.9. The molecule has 126 valence electrons. The van der Waals surface area contributed by atoms with Gasteiger partial charge in [0.15, 0.2) is 0 Å². The SMILES string of the molecule is O=C(NCCCN1CCCCC1)c1ccc(-c2cccnc2)nc1. The van der Waals surface area contributed by atoms with Crippen LogP contribution in [0.5, 0.6) is 0 Å². The van der Waals surface area contributed by atoms with Crippen molar-refractivity contribution < 1.29 is 4.79 Å². The average molecular weight is 324 g/mol. The number of nitrogens with zero attached hydrogens (tertiary/aromatic N) is 3. The van der Waals surface area contributed by atoms with E-state index >= 15 is 0 Å². The molecule has 1 aliphatic rings. The monoisotopic (exact) mass is 324 g/mol. The number of likely N-dealkylation sites (tertiary alicyclic amines) is 1. The van der Waals surface area contributed by atoms with Crippen molar-refractivity contribution in [3.8, 4) is 11.3 Å². The van der Waals surface area contributed by atoms with Crippen molar-refractivity contribution in [1.82, 2.24) is 20.2 Å². The maximum absolute atomic E-state index is 12.2. The average Bonchev–Trinajstić information content (AvgIpc) is 2.67. The van der Waals surface area contributed by atoms with Crippen LogP contribution in [0, 0.1) is 0 Å². The van der Waals surface area contributed by atoms with Gasteiger partial charge in [0.1, 0.15) is 0 Å². The number of hydrogen-bond acceptors (Lipinski definition) is 4. The number of nitrogens with one attached hydrogen (secondary N) is 1. The molecule has 1 N–H and O–H groups in total. The Morgan fingerprint density at radius 3 is 2.71 bits per heavy atom. The zero-order valence-corrected chi connectivity index (χ0v) is 13.9. The molecule has 1 fully saturated rings. The van der Waals surface area contributed by atoms with Gasteiger partial charge in [-0.15, -0.1) is 0 Å². The van der Waals surface area contributed by atoms with Crippen molar-refractivity contribution in [2.75, 3.05) is 26.2 Å². The Kier molecular flexibility index (Phi) is 5.90. The highest BCUT2D eigenvalue weighted by Crippen LogP contribution is 2.15. The molecule has 1 saturated heterocycles. The Balaban J connectivity index is 1.45. The van der Waals surface area contributed by atoms with E-state index in [1.54, 1.807) is 18.6 Å². The minimum atomic E-state index is -0.0566. The van der Waals surface area contributed by atoms with Crippen LogP contribution in [0.3, 0.4) is 0 Å². The van der Waals surface area contributed by atoms with Gasteiger partial charge in [-0.25, -0.2) is 0 Å². The molecule has 1 amide bonds. The van der Waals surface area contributed by atoms with Gasteiger partial charge in [0.2, 0.25) is 0 Å². The minimum absolute atomic E-state index is 0.0566. The van der Waals surface area contributed by atoms with Gasteiger partial charge in [0, 0.05) is 30.7 Å². The van der Waals surface area contributed by atoms with E-state index in [1.165, 1.54) is 32.4 Å². The van der Waals surface area contributed by atoms with E-state index in [2.05, 4.69) is 20.2 Å². The fraction of sp³-hybridized carbons (Fsp3) is 0.421. The quantitative estimate of drug-likeness (QED) is 0.830. The van der Waals surface area contributed by atoms with Crippen LogP contribution in [-0.2, 0) is 0 Å². The molecule has 24 heavy (non-hydrogen) atoms. The lowest BCUT2D eigenvalue weighted by Crippen LogP contribution is -2.33. The molecule has 5 nitrogen and oxygen atoms in total. The van der Waals surface area contributed by atoms with E-state index in [0.29, 0.717) is 12.1 Å². The number of rotatable bonds is 6. The first-order chi connectivity index (χ1) is 11.8. The largest absolute Gasteiger partial charge is 0.352 e. The third-order valence-electron chi connectivity index (χ3n) is 4.37. The van der Waals surface area contributed by atoms with Crippen LogP contribution in [0.2, 0.25) is 0 Å². The molecule has 0 saturated carbocycles. The van der Waals surface area contributed by atoms with Crippen LogP contribution in [0.4, 0.5) is 0 Å². The van der Waals surface area contributed by atoms with E-state index < -0.39 is 0 Å². The second-order valence-corrected chi connectivity index (χ2v) is 6.19. The molecule has 0 aliphatic carbocycles. The number of aromatic nitrogens is 2. The summed E-state index contributed by atoms with van der Waals surface area (Å²) in [5.41, 5.74) is 2.37.